The molecule has 1 rings (SSSR count). The summed E-state index contributed by atoms with van der Waals surface area (Å²) in [5.41, 5.74) is 1.44. The molecule has 0 heterocycles. The molecule has 1 aromatic rings. The first-order valence-electron chi connectivity index (χ1n) is 4.59. The third kappa shape index (κ3) is 2.26. The molecule has 0 radical (unpaired) electrons. The van der Waals surface area contributed by atoms with E-state index in [0.29, 0.717) is 5.56 Å². The van der Waals surface area contributed by atoms with E-state index in [9.17, 15) is 4.79 Å². The number of halogens is 1. The molecule has 0 unspecified atom stereocenters. The van der Waals surface area contributed by atoms with Crippen molar-refractivity contribution >= 4 is 23.2 Å². The number of carbonyl (C=O) groups excluding carboxylic acids is 1. The van der Waals surface area contributed by atoms with E-state index in [-0.39, 0.29) is 11.8 Å². The Kier molecular flexibility index (Phi) is 3.53. The van der Waals surface area contributed by atoms with Crippen molar-refractivity contribution < 1.29 is 4.79 Å². The number of carbonyl (C=O) groups is 1. The highest BCUT2D eigenvalue weighted by molar-refractivity contribution is 6.27. The van der Waals surface area contributed by atoms with Gasteiger partial charge in [0.25, 0.3) is 0 Å². The van der Waals surface area contributed by atoms with Crippen molar-refractivity contribution in [3.05, 3.63) is 29.8 Å². The van der Waals surface area contributed by atoms with E-state index in [1.807, 2.05) is 32.0 Å². The average Bonchev–Trinajstić information content (AvgIpc) is 2.16. The van der Waals surface area contributed by atoms with Gasteiger partial charge in [-0.1, -0.05) is 12.1 Å². The van der Waals surface area contributed by atoms with Crippen LogP contribution < -0.4 is 4.42 Å². The van der Waals surface area contributed by atoms with Crippen LogP contribution in [0.15, 0.2) is 24.3 Å². The number of hydrogen-bond donors (Lipinski definition) is 0. The van der Waals surface area contributed by atoms with Crippen molar-refractivity contribution in [2.24, 2.45) is 0 Å². The van der Waals surface area contributed by atoms with Gasteiger partial charge in [-0.3, -0.25) is 9.21 Å². The highest BCUT2D eigenvalue weighted by Gasteiger charge is 2.13. The minimum Gasteiger partial charge on any atom is -0.294 e. The predicted octanol–water partition coefficient (Wildman–Crippen LogP) is 3.26. The van der Waals surface area contributed by atoms with Crippen LogP contribution in [0.1, 0.15) is 31.1 Å². The van der Waals surface area contributed by atoms with E-state index in [2.05, 4.69) is 0 Å². The molecule has 2 nitrogen and oxygen atoms in total. The summed E-state index contributed by atoms with van der Waals surface area (Å²) < 4.78 is 1.58. The molecule has 0 N–H and O–H groups in total. The quantitative estimate of drug-likeness (QED) is 0.565. The fraction of sp³-hybridized carbons (Fsp3) is 0.364. The molecule has 0 saturated carbocycles. The number of para-hydroxylation sites is 1. The largest absolute Gasteiger partial charge is 0.294 e. The molecule has 0 aliphatic carbocycles. The molecule has 0 fully saturated rings. The highest BCUT2D eigenvalue weighted by atomic mass is 35.5. The Morgan fingerprint density at radius 3 is 2.43 bits per heavy atom. The molecule has 0 saturated heterocycles. The van der Waals surface area contributed by atoms with Gasteiger partial charge in [-0.2, -0.15) is 0 Å². The second kappa shape index (κ2) is 4.47. The van der Waals surface area contributed by atoms with Crippen LogP contribution in [-0.4, -0.2) is 11.8 Å². The van der Waals surface area contributed by atoms with Crippen LogP contribution in [0.2, 0.25) is 0 Å². The number of rotatable bonds is 3. The molecule has 0 amide bonds. The van der Waals surface area contributed by atoms with Gasteiger partial charge in [-0.15, -0.1) is 0 Å². The van der Waals surface area contributed by atoms with Crippen LogP contribution in [-0.2, 0) is 0 Å². The smallest absolute Gasteiger partial charge is 0.161 e. The minimum absolute atomic E-state index is 0.0342. The van der Waals surface area contributed by atoms with Gasteiger partial charge in [-0.25, -0.2) is 0 Å². The molecular formula is C11H14ClNO. The second-order valence-corrected chi connectivity index (χ2v) is 3.84. The van der Waals surface area contributed by atoms with E-state index in [1.54, 1.807) is 17.4 Å². The number of nitrogens with zero attached hydrogens (tertiary/aromatic N) is 1. The van der Waals surface area contributed by atoms with Gasteiger partial charge in [0.1, 0.15) is 0 Å². The zero-order chi connectivity index (χ0) is 10.7. The lowest BCUT2D eigenvalue weighted by atomic mass is 10.1. The van der Waals surface area contributed by atoms with Crippen molar-refractivity contribution in [1.29, 1.82) is 0 Å². The summed E-state index contributed by atoms with van der Waals surface area (Å²) in [7, 11) is 0. The highest BCUT2D eigenvalue weighted by Crippen LogP contribution is 2.24. The normalized spacial score (nSPS) is 10.4. The fourth-order valence-electron chi connectivity index (χ4n) is 1.24. The Morgan fingerprint density at radius 2 is 1.93 bits per heavy atom. The van der Waals surface area contributed by atoms with Gasteiger partial charge in [0.15, 0.2) is 5.78 Å². The lowest BCUT2D eigenvalue weighted by Crippen LogP contribution is -2.21. The van der Waals surface area contributed by atoms with E-state index in [1.165, 1.54) is 0 Å². The average molecular weight is 212 g/mol. The van der Waals surface area contributed by atoms with Crippen LogP contribution in [0.5, 0.6) is 0 Å². The molecular weight excluding hydrogens is 198 g/mol. The van der Waals surface area contributed by atoms with E-state index >= 15 is 0 Å². The van der Waals surface area contributed by atoms with Gasteiger partial charge >= 0.3 is 0 Å². The van der Waals surface area contributed by atoms with E-state index < -0.39 is 0 Å². The molecule has 14 heavy (non-hydrogen) atoms. The lowest BCUT2D eigenvalue weighted by Gasteiger charge is -2.21. The minimum atomic E-state index is 0.0342. The van der Waals surface area contributed by atoms with Crippen LogP contribution >= 0.6 is 11.8 Å². The van der Waals surface area contributed by atoms with Crippen LogP contribution in [0, 0.1) is 0 Å². The topological polar surface area (TPSA) is 20.3 Å². The summed E-state index contributed by atoms with van der Waals surface area (Å²) in [6, 6.07) is 7.52. The SMILES string of the molecule is CC(=O)c1ccccc1N(Cl)C(C)C. The molecule has 3 heteroatoms. The molecule has 76 valence electrons. The molecule has 0 aliphatic heterocycles. The fourth-order valence-corrected chi connectivity index (χ4v) is 1.38. The molecule has 0 aromatic heterocycles. The van der Waals surface area contributed by atoms with Gasteiger partial charge in [0.2, 0.25) is 0 Å². The van der Waals surface area contributed by atoms with Crippen molar-refractivity contribution in [1.82, 2.24) is 0 Å². The summed E-state index contributed by atoms with van der Waals surface area (Å²) in [6.45, 7) is 5.50. The Hall–Kier alpha value is -1.02. The Bertz CT molecular complexity index is 336. The van der Waals surface area contributed by atoms with Crippen LogP contribution in [0.25, 0.3) is 0 Å². The van der Waals surface area contributed by atoms with Crippen molar-refractivity contribution in [3.63, 3.8) is 0 Å². The number of benzene rings is 1. The molecule has 1 aromatic carbocycles. The number of ketones is 1. The summed E-state index contributed by atoms with van der Waals surface area (Å²) >= 11 is 6.07. The zero-order valence-electron chi connectivity index (χ0n) is 8.62. The monoisotopic (exact) mass is 211 g/mol. The Labute approximate surface area is 89.6 Å². The number of anilines is 1. The third-order valence-electron chi connectivity index (χ3n) is 1.97. The van der Waals surface area contributed by atoms with E-state index in [4.69, 9.17) is 11.8 Å². The van der Waals surface area contributed by atoms with Gasteiger partial charge in [0, 0.05) is 23.4 Å². The first-order valence-corrected chi connectivity index (χ1v) is 4.93. The van der Waals surface area contributed by atoms with Crippen LogP contribution in [0.4, 0.5) is 5.69 Å². The molecule has 0 atom stereocenters. The maximum absolute atomic E-state index is 11.3. The Balaban J connectivity index is 3.13. The van der Waals surface area contributed by atoms with Crippen molar-refractivity contribution in [3.8, 4) is 0 Å². The standard InChI is InChI=1S/C11H14ClNO/c1-8(2)13(12)11-7-5-4-6-10(11)9(3)14/h4-8H,1-3H3. The summed E-state index contributed by atoms with van der Waals surface area (Å²) in [5.74, 6) is 0.0342. The number of hydrogen-bond acceptors (Lipinski definition) is 2. The third-order valence-corrected chi connectivity index (χ3v) is 2.54. The summed E-state index contributed by atoms with van der Waals surface area (Å²) in [6.07, 6.45) is 0. The van der Waals surface area contributed by atoms with E-state index in [0.717, 1.165) is 5.69 Å². The molecule has 0 bridgehead atoms. The maximum atomic E-state index is 11.3. The van der Waals surface area contributed by atoms with Gasteiger partial charge in [0.05, 0.1) is 5.69 Å². The maximum Gasteiger partial charge on any atom is 0.161 e. The predicted molar refractivity (Wildman–Crippen MR) is 59.9 cm³/mol. The first-order chi connectivity index (χ1) is 6.54. The zero-order valence-corrected chi connectivity index (χ0v) is 9.38. The van der Waals surface area contributed by atoms with Crippen LogP contribution in [0.3, 0.4) is 0 Å². The summed E-state index contributed by atoms with van der Waals surface area (Å²) in [5, 5.41) is 0. The van der Waals surface area contributed by atoms with Crippen molar-refractivity contribution in [2.75, 3.05) is 4.42 Å². The van der Waals surface area contributed by atoms with Crippen molar-refractivity contribution in [2.45, 2.75) is 26.8 Å². The molecule has 0 spiro atoms. The summed E-state index contributed by atoms with van der Waals surface area (Å²) in [4.78, 5) is 11.3. The lowest BCUT2D eigenvalue weighted by molar-refractivity contribution is 0.101. The van der Waals surface area contributed by atoms with Gasteiger partial charge in [-0.05, 0) is 32.9 Å². The first kappa shape index (κ1) is 11.1. The molecule has 0 aliphatic rings. The second-order valence-electron chi connectivity index (χ2n) is 3.48. The number of Topliss-reactive ketones (excluding diaryl/α,β-unsaturated/α-hetero) is 1. The Morgan fingerprint density at radius 1 is 1.36 bits per heavy atom. The van der Waals surface area contributed by atoms with Gasteiger partial charge < -0.3 is 0 Å².